The van der Waals surface area contributed by atoms with E-state index in [2.05, 4.69) is 25.9 Å². The molecule has 1 aromatic heterocycles. The van der Waals surface area contributed by atoms with E-state index >= 15 is 0 Å². The number of rotatable bonds is 7. The predicted molar refractivity (Wildman–Crippen MR) is 74.6 cm³/mol. The molecule has 1 amide bonds. The topological polar surface area (TPSA) is 122 Å². The molecule has 0 saturated heterocycles. The monoisotopic (exact) mass is 282 g/mol. The number of nitrogens with one attached hydrogen (secondary N) is 3. The van der Waals surface area contributed by atoms with Crippen molar-refractivity contribution in [3.05, 3.63) is 16.3 Å². The maximum atomic E-state index is 11.6. The Balaban J connectivity index is 2.97. The highest BCUT2D eigenvalue weighted by molar-refractivity contribution is 5.84. The first kappa shape index (κ1) is 15.6. The van der Waals surface area contributed by atoms with E-state index in [1.54, 1.807) is 13.8 Å². The smallest absolute Gasteiger partial charge is 0.329 e. The van der Waals surface area contributed by atoms with Crippen LogP contribution in [-0.2, 0) is 4.79 Å². The van der Waals surface area contributed by atoms with Crippen molar-refractivity contribution in [3.63, 3.8) is 0 Å². The van der Waals surface area contributed by atoms with Gasteiger partial charge in [-0.15, -0.1) is 0 Å². The Hall–Kier alpha value is -2.45. The minimum atomic E-state index is -0.641. The molecule has 0 bridgehead atoms. The van der Waals surface area contributed by atoms with E-state index in [1.807, 2.05) is 6.92 Å². The number of likely N-dealkylation sites (N-methyl/N-ethyl adjacent to an activating group) is 1. The van der Waals surface area contributed by atoms with Crippen molar-refractivity contribution in [1.82, 2.24) is 15.3 Å². The summed E-state index contributed by atoms with van der Waals surface area (Å²) in [6, 6.07) is -0.641. The van der Waals surface area contributed by atoms with Crippen LogP contribution in [-0.4, -0.2) is 39.9 Å². The standard InChI is InChI=1S/C11H18N6O3/c1-4-12-10(18)7(3)15-9-8(17(19)20)6-14-11(16-9)13-5-2/h6-7H,4-5H2,1-3H3,(H,12,18)(H2,13,14,15,16). The molecular formula is C11H18N6O3. The Kier molecular flexibility index (Phi) is 5.63. The number of amides is 1. The van der Waals surface area contributed by atoms with Gasteiger partial charge in [-0.25, -0.2) is 4.98 Å². The first-order chi connectivity index (χ1) is 9.49. The van der Waals surface area contributed by atoms with Gasteiger partial charge in [-0.3, -0.25) is 14.9 Å². The van der Waals surface area contributed by atoms with Gasteiger partial charge in [0.2, 0.25) is 17.7 Å². The van der Waals surface area contributed by atoms with Gasteiger partial charge in [-0.05, 0) is 20.8 Å². The summed E-state index contributed by atoms with van der Waals surface area (Å²) < 4.78 is 0. The van der Waals surface area contributed by atoms with E-state index in [0.717, 1.165) is 6.20 Å². The van der Waals surface area contributed by atoms with Gasteiger partial charge in [0, 0.05) is 13.1 Å². The molecule has 0 aliphatic carbocycles. The molecule has 0 aliphatic heterocycles. The second-order valence-electron chi connectivity index (χ2n) is 3.98. The summed E-state index contributed by atoms with van der Waals surface area (Å²) in [5, 5.41) is 19.1. The van der Waals surface area contributed by atoms with Crippen molar-refractivity contribution in [1.29, 1.82) is 0 Å². The maximum absolute atomic E-state index is 11.6. The number of carbonyl (C=O) groups excluding carboxylic acids is 1. The third-order valence-electron chi connectivity index (χ3n) is 2.40. The molecule has 0 fully saturated rings. The minimum Gasteiger partial charge on any atom is -0.355 e. The summed E-state index contributed by atoms with van der Waals surface area (Å²) in [7, 11) is 0. The zero-order valence-corrected chi connectivity index (χ0v) is 11.6. The molecule has 1 unspecified atom stereocenters. The second-order valence-corrected chi connectivity index (χ2v) is 3.98. The van der Waals surface area contributed by atoms with Crippen LogP contribution in [0.5, 0.6) is 0 Å². The molecule has 110 valence electrons. The fraction of sp³-hybridized carbons (Fsp3) is 0.545. The first-order valence-electron chi connectivity index (χ1n) is 6.29. The lowest BCUT2D eigenvalue weighted by Crippen LogP contribution is -2.37. The molecule has 0 saturated carbocycles. The zero-order valence-electron chi connectivity index (χ0n) is 11.6. The van der Waals surface area contributed by atoms with Gasteiger partial charge < -0.3 is 16.0 Å². The lowest BCUT2D eigenvalue weighted by Gasteiger charge is -2.14. The third kappa shape index (κ3) is 4.04. The van der Waals surface area contributed by atoms with Crippen LogP contribution in [0, 0.1) is 10.1 Å². The van der Waals surface area contributed by atoms with Crippen molar-refractivity contribution in [2.75, 3.05) is 23.7 Å². The molecule has 3 N–H and O–H groups in total. The first-order valence-corrected chi connectivity index (χ1v) is 6.29. The summed E-state index contributed by atoms with van der Waals surface area (Å²) in [6.07, 6.45) is 1.11. The van der Waals surface area contributed by atoms with E-state index in [1.165, 1.54) is 0 Å². The molecule has 1 heterocycles. The largest absolute Gasteiger partial charge is 0.355 e. The molecule has 0 aromatic carbocycles. The fourth-order valence-corrected chi connectivity index (χ4v) is 1.46. The Morgan fingerprint density at radius 3 is 2.70 bits per heavy atom. The van der Waals surface area contributed by atoms with Crippen molar-refractivity contribution in [3.8, 4) is 0 Å². The van der Waals surface area contributed by atoms with Crippen LogP contribution in [0.25, 0.3) is 0 Å². The molecule has 9 heteroatoms. The number of anilines is 2. The van der Waals surface area contributed by atoms with E-state index in [0.29, 0.717) is 13.1 Å². The van der Waals surface area contributed by atoms with Crippen molar-refractivity contribution < 1.29 is 9.72 Å². The highest BCUT2D eigenvalue weighted by Gasteiger charge is 2.21. The Labute approximate surface area is 116 Å². The van der Waals surface area contributed by atoms with Crippen LogP contribution in [0.3, 0.4) is 0 Å². The van der Waals surface area contributed by atoms with Crippen LogP contribution in [0.4, 0.5) is 17.5 Å². The van der Waals surface area contributed by atoms with Gasteiger partial charge in [0.15, 0.2) is 0 Å². The summed E-state index contributed by atoms with van der Waals surface area (Å²) in [5.41, 5.74) is -0.275. The molecule has 0 radical (unpaired) electrons. The molecule has 1 aromatic rings. The average Bonchev–Trinajstić information content (AvgIpc) is 2.39. The molecule has 0 spiro atoms. The van der Waals surface area contributed by atoms with Crippen LogP contribution in [0.15, 0.2) is 6.20 Å². The third-order valence-corrected chi connectivity index (χ3v) is 2.40. The number of hydrogen-bond donors (Lipinski definition) is 3. The lowest BCUT2D eigenvalue weighted by molar-refractivity contribution is -0.384. The van der Waals surface area contributed by atoms with E-state index in [9.17, 15) is 14.9 Å². The van der Waals surface area contributed by atoms with Crippen molar-refractivity contribution >= 4 is 23.4 Å². The van der Waals surface area contributed by atoms with Crippen LogP contribution in [0.2, 0.25) is 0 Å². The number of carbonyl (C=O) groups is 1. The van der Waals surface area contributed by atoms with Gasteiger partial charge in [0.1, 0.15) is 12.2 Å². The number of aromatic nitrogens is 2. The van der Waals surface area contributed by atoms with Gasteiger partial charge in [0.05, 0.1) is 4.92 Å². The average molecular weight is 282 g/mol. The quantitative estimate of drug-likeness (QED) is 0.498. The highest BCUT2D eigenvalue weighted by Crippen LogP contribution is 2.22. The maximum Gasteiger partial charge on any atom is 0.329 e. The normalized spacial score (nSPS) is 11.6. The SMILES string of the molecule is CCNC(=O)C(C)Nc1nc(NCC)ncc1[N+](=O)[O-]. The zero-order chi connectivity index (χ0) is 15.1. The van der Waals surface area contributed by atoms with Gasteiger partial charge >= 0.3 is 5.69 Å². The van der Waals surface area contributed by atoms with E-state index in [-0.39, 0.29) is 23.4 Å². The number of nitro groups is 1. The molecule has 0 aliphatic rings. The van der Waals surface area contributed by atoms with Gasteiger partial charge in [-0.2, -0.15) is 4.98 Å². The summed E-state index contributed by atoms with van der Waals surface area (Å²) in [5.74, 6) is 0.0220. The minimum absolute atomic E-state index is 0.0136. The summed E-state index contributed by atoms with van der Waals surface area (Å²) in [6.45, 7) is 6.32. The van der Waals surface area contributed by atoms with Gasteiger partial charge in [0.25, 0.3) is 0 Å². The molecule has 20 heavy (non-hydrogen) atoms. The van der Waals surface area contributed by atoms with Crippen molar-refractivity contribution in [2.24, 2.45) is 0 Å². The van der Waals surface area contributed by atoms with Gasteiger partial charge in [-0.1, -0.05) is 0 Å². The van der Waals surface area contributed by atoms with Crippen LogP contribution in [0.1, 0.15) is 20.8 Å². The molecule has 9 nitrogen and oxygen atoms in total. The van der Waals surface area contributed by atoms with E-state index in [4.69, 9.17) is 0 Å². The van der Waals surface area contributed by atoms with Crippen LogP contribution >= 0.6 is 0 Å². The Morgan fingerprint density at radius 1 is 1.45 bits per heavy atom. The molecule has 1 rings (SSSR count). The fourth-order valence-electron chi connectivity index (χ4n) is 1.46. The predicted octanol–water partition coefficient (Wildman–Crippen LogP) is 0.753. The van der Waals surface area contributed by atoms with Crippen molar-refractivity contribution in [2.45, 2.75) is 26.8 Å². The molecule has 1 atom stereocenters. The Bertz CT molecular complexity index is 493. The number of nitrogens with zero attached hydrogens (tertiary/aromatic N) is 3. The second kappa shape index (κ2) is 7.22. The summed E-state index contributed by atoms with van der Waals surface area (Å²) >= 11 is 0. The van der Waals surface area contributed by atoms with E-state index < -0.39 is 11.0 Å². The summed E-state index contributed by atoms with van der Waals surface area (Å²) in [4.78, 5) is 29.8. The van der Waals surface area contributed by atoms with Crippen LogP contribution < -0.4 is 16.0 Å². The Morgan fingerprint density at radius 2 is 2.15 bits per heavy atom. The lowest BCUT2D eigenvalue weighted by atomic mass is 10.3. The molecular weight excluding hydrogens is 264 g/mol. The highest BCUT2D eigenvalue weighted by atomic mass is 16.6. The number of hydrogen-bond acceptors (Lipinski definition) is 7.